The van der Waals surface area contributed by atoms with E-state index in [-0.39, 0.29) is 0 Å². The van der Waals surface area contributed by atoms with Gasteiger partial charge in [0.25, 0.3) is 0 Å². The molecule has 1 radical (unpaired) electrons. The smallest absolute Gasteiger partial charge is 0.110 e. The standard InChI is InChI=1S/C6H6F/c1-2-3-4-5-6-7/h3-4H,1-2H2/b4-3+. The zero-order valence-electron chi connectivity index (χ0n) is 3.95. The fourth-order valence-corrected chi connectivity index (χ4v) is 0.174. The van der Waals surface area contributed by atoms with Gasteiger partial charge in [-0.25, -0.2) is 0 Å². The highest BCUT2D eigenvalue weighted by Crippen LogP contribution is 1.74. The Labute approximate surface area is 43.0 Å². The molecule has 0 bridgehead atoms. The fourth-order valence-electron chi connectivity index (χ4n) is 0.174. The minimum Gasteiger partial charge on any atom is -0.144 e. The SMILES string of the molecule is [CH2]C/C=C/C#CF. The Morgan fingerprint density at radius 1 is 1.71 bits per heavy atom. The summed E-state index contributed by atoms with van der Waals surface area (Å²) < 4.78 is 10.9. The largest absolute Gasteiger partial charge is 0.144 e. The highest BCUT2D eigenvalue weighted by molar-refractivity contribution is 5.11. The maximum Gasteiger partial charge on any atom is 0.110 e. The first-order chi connectivity index (χ1) is 3.41. The van der Waals surface area contributed by atoms with Crippen LogP contribution in [0.25, 0.3) is 0 Å². The average molecular weight is 97.1 g/mol. The summed E-state index contributed by atoms with van der Waals surface area (Å²) in [6.07, 6.45) is 5.02. The number of halogens is 1. The molecule has 7 heavy (non-hydrogen) atoms. The second-order valence-corrected chi connectivity index (χ2v) is 0.930. The monoisotopic (exact) mass is 97.0 g/mol. The molecule has 0 aromatic carbocycles. The Bertz CT molecular complexity index is 103. The minimum atomic E-state index is 0.661. The molecule has 0 amide bonds. The molecule has 0 nitrogen and oxygen atoms in total. The molecule has 0 spiro atoms. The molecule has 0 aromatic rings. The van der Waals surface area contributed by atoms with Crippen LogP contribution in [0.1, 0.15) is 6.42 Å². The molecule has 37 valence electrons. The summed E-state index contributed by atoms with van der Waals surface area (Å²) in [6, 6.07) is 0. The summed E-state index contributed by atoms with van der Waals surface area (Å²) in [5.41, 5.74) is 0. The van der Waals surface area contributed by atoms with Crippen LogP contribution in [0.3, 0.4) is 0 Å². The topological polar surface area (TPSA) is 0 Å². The summed E-state index contributed by atoms with van der Waals surface area (Å²) in [5.74, 6) is 2.11. The molecule has 0 aliphatic rings. The second-order valence-electron chi connectivity index (χ2n) is 0.930. The summed E-state index contributed by atoms with van der Waals surface area (Å²) >= 11 is 0. The van der Waals surface area contributed by atoms with E-state index in [1.54, 1.807) is 6.08 Å². The van der Waals surface area contributed by atoms with E-state index in [1.807, 2.05) is 0 Å². The van der Waals surface area contributed by atoms with Crippen LogP contribution >= 0.6 is 0 Å². The van der Waals surface area contributed by atoms with Gasteiger partial charge in [0, 0.05) is 0 Å². The molecule has 0 unspecified atom stereocenters. The van der Waals surface area contributed by atoms with Crippen molar-refractivity contribution in [3.8, 4) is 12.1 Å². The quantitative estimate of drug-likeness (QED) is 0.437. The molecule has 0 atom stereocenters. The number of hydrogen-bond donors (Lipinski definition) is 0. The van der Waals surface area contributed by atoms with E-state index >= 15 is 0 Å². The van der Waals surface area contributed by atoms with Crippen molar-refractivity contribution in [2.75, 3.05) is 0 Å². The van der Waals surface area contributed by atoms with Crippen molar-refractivity contribution in [1.29, 1.82) is 0 Å². The fraction of sp³-hybridized carbons (Fsp3) is 0.167. The molecule has 0 aliphatic heterocycles. The predicted octanol–water partition coefficient (Wildman–Crippen LogP) is 1.70. The third-order valence-corrected chi connectivity index (χ3v) is 0.422. The molecule has 0 saturated carbocycles. The van der Waals surface area contributed by atoms with Gasteiger partial charge in [-0.3, -0.25) is 0 Å². The molecule has 0 fully saturated rings. The van der Waals surface area contributed by atoms with Gasteiger partial charge in [0.15, 0.2) is 0 Å². The highest BCUT2D eigenvalue weighted by Gasteiger charge is 1.58. The van der Waals surface area contributed by atoms with Crippen molar-refractivity contribution in [3.05, 3.63) is 19.1 Å². The van der Waals surface area contributed by atoms with E-state index < -0.39 is 0 Å². The van der Waals surface area contributed by atoms with Crippen molar-refractivity contribution in [2.24, 2.45) is 0 Å². The van der Waals surface area contributed by atoms with E-state index in [4.69, 9.17) is 0 Å². The van der Waals surface area contributed by atoms with Gasteiger partial charge in [-0.05, 0) is 25.3 Å². The van der Waals surface area contributed by atoms with Crippen molar-refractivity contribution in [3.63, 3.8) is 0 Å². The van der Waals surface area contributed by atoms with E-state index in [1.165, 1.54) is 12.3 Å². The van der Waals surface area contributed by atoms with Crippen LogP contribution in [0.2, 0.25) is 0 Å². The van der Waals surface area contributed by atoms with Gasteiger partial charge >= 0.3 is 0 Å². The third-order valence-electron chi connectivity index (χ3n) is 0.422. The maximum atomic E-state index is 10.9. The lowest BCUT2D eigenvalue weighted by Gasteiger charge is -1.65. The number of rotatable bonds is 1. The van der Waals surface area contributed by atoms with E-state index in [0.717, 1.165) is 0 Å². The number of hydrogen-bond acceptors (Lipinski definition) is 0. The Hall–Kier alpha value is -0.770. The van der Waals surface area contributed by atoms with Crippen LogP contribution in [-0.4, -0.2) is 0 Å². The first-order valence-corrected chi connectivity index (χ1v) is 1.97. The molecule has 0 heterocycles. The predicted molar refractivity (Wildman–Crippen MR) is 28.0 cm³/mol. The van der Waals surface area contributed by atoms with Crippen molar-refractivity contribution >= 4 is 0 Å². The van der Waals surface area contributed by atoms with Crippen molar-refractivity contribution < 1.29 is 4.39 Å². The Morgan fingerprint density at radius 3 is 2.86 bits per heavy atom. The summed E-state index contributed by atoms with van der Waals surface area (Å²) in [5, 5.41) is 0. The third kappa shape index (κ3) is 5.23. The van der Waals surface area contributed by atoms with Gasteiger partial charge in [0.1, 0.15) is 6.17 Å². The first kappa shape index (κ1) is 6.23. The Kier molecular flexibility index (Phi) is 4.65. The number of allylic oxidation sites excluding steroid dienone is 2. The molecule has 0 aliphatic carbocycles. The Morgan fingerprint density at radius 2 is 2.43 bits per heavy atom. The Balaban J connectivity index is 3.21. The lowest BCUT2D eigenvalue weighted by molar-refractivity contribution is 0.774. The van der Waals surface area contributed by atoms with Crippen LogP contribution in [0.4, 0.5) is 4.39 Å². The van der Waals surface area contributed by atoms with Gasteiger partial charge in [0.05, 0.1) is 0 Å². The van der Waals surface area contributed by atoms with E-state index in [9.17, 15) is 4.39 Å². The molecular weight excluding hydrogens is 91.1 g/mol. The molecule has 0 N–H and O–H groups in total. The summed E-state index contributed by atoms with van der Waals surface area (Å²) in [4.78, 5) is 0. The van der Waals surface area contributed by atoms with Gasteiger partial charge in [-0.15, -0.1) is 4.39 Å². The second kappa shape index (κ2) is 5.23. The van der Waals surface area contributed by atoms with E-state index in [0.29, 0.717) is 6.42 Å². The van der Waals surface area contributed by atoms with Crippen molar-refractivity contribution in [2.45, 2.75) is 6.42 Å². The maximum absolute atomic E-state index is 10.9. The summed E-state index contributed by atoms with van der Waals surface area (Å²) in [7, 11) is 0. The zero-order chi connectivity index (χ0) is 5.54. The average Bonchev–Trinajstić information content (AvgIpc) is 1.69. The van der Waals surface area contributed by atoms with Crippen LogP contribution in [0.15, 0.2) is 12.2 Å². The van der Waals surface area contributed by atoms with E-state index in [2.05, 4.69) is 12.8 Å². The highest BCUT2D eigenvalue weighted by atomic mass is 19.1. The van der Waals surface area contributed by atoms with Crippen molar-refractivity contribution in [1.82, 2.24) is 0 Å². The molecule has 1 heteroatoms. The molecular formula is C6H6F. The van der Waals surface area contributed by atoms with Gasteiger partial charge < -0.3 is 0 Å². The van der Waals surface area contributed by atoms with Gasteiger partial charge in [-0.2, -0.15) is 0 Å². The van der Waals surface area contributed by atoms with Gasteiger partial charge in [0.2, 0.25) is 0 Å². The first-order valence-electron chi connectivity index (χ1n) is 1.97. The van der Waals surface area contributed by atoms with Crippen LogP contribution < -0.4 is 0 Å². The lowest BCUT2D eigenvalue weighted by atomic mass is 10.4. The molecule has 0 saturated heterocycles. The molecule has 0 aromatic heterocycles. The normalized spacial score (nSPS) is 8.29. The van der Waals surface area contributed by atoms with Gasteiger partial charge in [-0.1, -0.05) is 6.08 Å². The van der Waals surface area contributed by atoms with Crippen LogP contribution in [0, 0.1) is 19.0 Å². The minimum absolute atomic E-state index is 0.661. The van der Waals surface area contributed by atoms with Crippen LogP contribution in [-0.2, 0) is 0 Å². The summed E-state index contributed by atoms with van der Waals surface area (Å²) in [6.45, 7) is 3.48. The zero-order valence-corrected chi connectivity index (χ0v) is 3.95. The lowest BCUT2D eigenvalue weighted by Crippen LogP contribution is -1.49. The molecule has 0 rings (SSSR count). The van der Waals surface area contributed by atoms with Crippen LogP contribution in [0.5, 0.6) is 0 Å².